The fourth-order valence-corrected chi connectivity index (χ4v) is 1.78. The van der Waals surface area contributed by atoms with Gasteiger partial charge in [-0.15, -0.1) is 0 Å². The van der Waals surface area contributed by atoms with E-state index in [-0.39, 0.29) is 11.6 Å². The van der Waals surface area contributed by atoms with Gasteiger partial charge in [0.2, 0.25) is 0 Å². The lowest BCUT2D eigenvalue weighted by Crippen LogP contribution is -2.34. The molecule has 0 spiro atoms. The number of rotatable bonds is 4. The minimum absolute atomic E-state index is 0.0273. The number of anilines is 1. The number of benzene rings is 1. The Bertz CT molecular complexity index is 404. The van der Waals surface area contributed by atoms with Gasteiger partial charge in [0.15, 0.2) is 0 Å². The quantitative estimate of drug-likeness (QED) is 0.792. The first-order valence-electron chi connectivity index (χ1n) is 5.76. The molecule has 1 atom stereocenters. The fraction of sp³-hybridized carbons (Fsp3) is 0.462. The molecule has 1 rings (SSSR count). The van der Waals surface area contributed by atoms with E-state index in [1.165, 1.54) is 12.1 Å². The summed E-state index contributed by atoms with van der Waals surface area (Å²) in [4.78, 5) is 11.8. The molecule has 0 fully saturated rings. The SMILES string of the molecule is CC(C)CC(C)NC(=O)c1ccc(N)cc1F. The van der Waals surface area contributed by atoms with Gasteiger partial charge < -0.3 is 11.1 Å². The predicted molar refractivity (Wildman–Crippen MR) is 67.2 cm³/mol. The molecule has 0 aromatic heterocycles. The normalized spacial score (nSPS) is 12.5. The Labute approximate surface area is 101 Å². The standard InChI is InChI=1S/C13H19FN2O/c1-8(2)6-9(3)16-13(17)11-5-4-10(15)7-12(11)14/h4-5,7-9H,6,15H2,1-3H3,(H,16,17). The Kier molecular flexibility index (Phi) is 4.49. The zero-order valence-corrected chi connectivity index (χ0v) is 10.5. The highest BCUT2D eigenvalue weighted by molar-refractivity contribution is 5.94. The first-order chi connectivity index (χ1) is 7.90. The van der Waals surface area contributed by atoms with Crippen molar-refractivity contribution in [1.82, 2.24) is 5.32 Å². The Hall–Kier alpha value is -1.58. The molecule has 0 radical (unpaired) electrons. The molecule has 1 aromatic rings. The molecule has 0 saturated carbocycles. The van der Waals surface area contributed by atoms with Crippen LogP contribution in [0.1, 0.15) is 37.6 Å². The lowest BCUT2D eigenvalue weighted by atomic mass is 10.0. The topological polar surface area (TPSA) is 55.1 Å². The average Bonchev–Trinajstić information content (AvgIpc) is 2.15. The number of halogens is 1. The van der Waals surface area contributed by atoms with Crippen molar-refractivity contribution in [2.75, 3.05) is 5.73 Å². The highest BCUT2D eigenvalue weighted by atomic mass is 19.1. The molecule has 1 unspecified atom stereocenters. The van der Waals surface area contributed by atoms with E-state index >= 15 is 0 Å². The van der Waals surface area contributed by atoms with Gasteiger partial charge in [0.1, 0.15) is 5.82 Å². The van der Waals surface area contributed by atoms with Crippen LogP contribution in [0.25, 0.3) is 0 Å². The summed E-state index contributed by atoms with van der Waals surface area (Å²) in [7, 11) is 0. The number of hydrogen-bond donors (Lipinski definition) is 2. The molecule has 3 N–H and O–H groups in total. The molecule has 0 aliphatic carbocycles. The van der Waals surface area contributed by atoms with Gasteiger partial charge in [-0.1, -0.05) is 13.8 Å². The minimum atomic E-state index is -0.584. The van der Waals surface area contributed by atoms with E-state index < -0.39 is 11.7 Å². The molecule has 0 bridgehead atoms. The van der Waals surface area contributed by atoms with Gasteiger partial charge in [0.25, 0.3) is 5.91 Å². The summed E-state index contributed by atoms with van der Waals surface area (Å²) in [5, 5.41) is 2.77. The summed E-state index contributed by atoms with van der Waals surface area (Å²) >= 11 is 0. The van der Waals surface area contributed by atoms with Crippen LogP contribution in [0.4, 0.5) is 10.1 Å². The van der Waals surface area contributed by atoms with E-state index in [2.05, 4.69) is 19.2 Å². The highest BCUT2D eigenvalue weighted by Gasteiger charge is 2.14. The number of carbonyl (C=O) groups is 1. The average molecular weight is 238 g/mol. The molecule has 1 aromatic carbocycles. The van der Waals surface area contributed by atoms with Crippen molar-refractivity contribution in [3.05, 3.63) is 29.6 Å². The zero-order chi connectivity index (χ0) is 13.0. The van der Waals surface area contributed by atoms with Crippen LogP contribution in [-0.2, 0) is 0 Å². The van der Waals surface area contributed by atoms with Gasteiger partial charge in [0.05, 0.1) is 5.56 Å². The maximum absolute atomic E-state index is 13.5. The van der Waals surface area contributed by atoms with Crippen molar-refractivity contribution in [3.63, 3.8) is 0 Å². The van der Waals surface area contributed by atoms with E-state index in [0.29, 0.717) is 11.6 Å². The highest BCUT2D eigenvalue weighted by Crippen LogP contribution is 2.12. The van der Waals surface area contributed by atoms with Gasteiger partial charge in [-0.25, -0.2) is 4.39 Å². The van der Waals surface area contributed by atoms with Gasteiger partial charge in [-0.05, 0) is 37.5 Å². The molecule has 1 amide bonds. The van der Waals surface area contributed by atoms with Crippen LogP contribution in [0, 0.1) is 11.7 Å². The number of nitrogens with two attached hydrogens (primary N) is 1. The molecule has 0 heterocycles. The Morgan fingerprint density at radius 1 is 1.41 bits per heavy atom. The summed E-state index contributed by atoms with van der Waals surface area (Å²) < 4.78 is 13.5. The van der Waals surface area contributed by atoms with Crippen LogP contribution in [0.15, 0.2) is 18.2 Å². The van der Waals surface area contributed by atoms with Crippen molar-refractivity contribution >= 4 is 11.6 Å². The Balaban J connectivity index is 2.70. The van der Waals surface area contributed by atoms with Crippen molar-refractivity contribution < 1.29 is 9.18 Å². The monoisotopic (exact) mass is 238 g/mol. The fourth-order valence-electron chi connectivity index (χ4n) is 1.78. The molecule has 4 heteroatoms. The van der Waals surface area contributed by atoms with E-state index in [4.69, 9.17) is 5.73 Å². The van der Waals surface area contributed by atoms with Gasteiger partial charge >= 0.3 is 0 Å². The predicted octanol–water partition coefficient (Wildman–Crippen LogP) is 2.57. The van der Waals surface area contributed by atoms with Gasteiger partial charge in [0, 0.05) is 11.7 Å². The van der Waals surface area contributed by atoms with Crippen LogP contribution in [-0.4, -0.2) is 11.9 Å². The number of nitrogens with one attached hydrogen (secondary N) is 1. The van der Waals surface area contributed by atoms with Crippen molar-refractivity contribution in [3.8, 4) is 0 Å². The lowest BCUT2D eigenvalue weighted by molar-refractivity contribution is 0.0932. The molecular formula is C13H19FN2O. The van der Waals surface area contributed by atoms with E-state index in [9.17, 15) is 9.18 Å². The number of amides is 1. The molecule has 0 aliphatic heterocycles. The maximum atomic E-state index is 13.5. The first kappa shape index (κ1) is 13.5. The molecule has 0 saturated heterocycles. The Morgan fingerprint density at radius 3 is 2.59 bits per heavy atom. The summed E-state index contributed by atoms with van der Waals surface area (Å²) in [6.45, 7) is 6.06. The second-order valence-corrected chi connectivity index (χ2v) is 4.74. The minimum Gasteiger partial charge on any atom is -0.399 e. The second-order valence-electron chi connectivity index (χ2n) is 4.74. The number of nitrogen functional groups attached to an aromatic ring is 1. The van der Waals surface area contributed by atoms with Crippen LogP contribution in [0.5, 0.6) is 0 Å². The zero-order valence-electron chi connectivity index (χ0n) is 10.5. The van der Waals surface area contributed by atoms with E-state index in [0.717, 1.165) is 12.5 Å². The summed E-state index contributed by atoms with van der Waals surface area (Å²) in [6.07, 6.45) is 0.863. The lowest BCUT2D eigenvalue weighted by Gasteiger charge is -2.16. The van der Waals surface area contributed by atoms with Gasteiger partial charge in [-0.3, -0.25) is 4.79 Å². The third-order valence-corrected chi connectivity index (χ3v) is 2.44. The molecule has 94 valence electrons. The molecule has 0 aliphatic rings. The number of hydrogen-bond acceptors (Lipinski definition) is 2. The molecular weight excluding hydrogens is 219 g/mol. The van der Waals surface area contributed by atoms with Crippen molar-refractivity contribution in [2.24, 2.45) is 5.92 Å². The third kappa shape index (κ3) is 4.06. The van der Waals surface area contributed by atoms with E-state index in [1.807, 2.05) is 6.92 Å². The summed E-state index contributed by atoms with van der Waals surface area (Å²) in [5.41, 5.74) is 5.77. The van der Waals surface area contributed by atoms with Crippen LogP contribution < -0.4 is 11.1 Å². The van der Waals surface area contributed by atoms with Crippen molar-refractivity contribution in [1.29, 1.82) is 0 Å². The van der Waals surface area contributed by atoms with Crippen LogP contribution in [0.2, 0.25) is 0 Å². The Morgan fingerprint density at radius 2 is 2.06 bits per heavy atom. The van der Waals surface area contributed by atoms with Crippen LogP contribution >= 0.6 is 0 Å². The first-order valence-corrected chi connectivity index (χ1v) is 5.76. The third-order valence-electron chi connectivity index (χ3n) is 2.44. The smallest absolute Gasteiger partial charge is 0.254 e. The molecule has 3 nitrogen and oxygen atoms in total. The largest absolute Gasteiger partial charge is 0.399 e. The van der Waals surface area contributed by atoms with Crippen molar-refractivity contribution in [2.45, 2.75) is 33.2 Å². The number of carbonyl (C=O) groups excluding carboxylic acids is 1. The second kappa shape index (κ2) is 5.66. The maximum Gasteiger partial charge on any atom is 0.254 e. The van der Waals surface area contributed by atoms with Crippen LogP contribution in [0.3, 0.4) is 0 Å². The summed E-state index contributed by atoms with van der Waals surface area (Å²) in [6, 6.07) is 4.11. The van der Waals surface area contributed by atoms with Gasteiger partial charge in [-0.2, -0.15) is 0 Å². The summed E-state index contributed by atoms with van der Waals surface area (Å²) in [5.74, 6) is -0.489. The molecule has 17 heavy (non-hydrogen) atoms. The van der Waals surface area contributed by atoms with E-state index in [1.54, 1.807) is 0 Å².